The van der Waals surface area contributed by atoms with Crippen LogP contribution < -0.4 is 10.6 Å². The zero-order valence-electron chi connectivity index (χ0n) is 10.7. The molecule has 1 saturated heterocycles. The number of ether oxygens (including phenoxy) is 1. The number of rotatable bonds is 2. The van der Waals surface area contributed by atoms with Crippen LogP contribution >= 0.6 is 12.4 Å². The van der Waals surface area contributed by atoms with Crippen molar-refractivity contribution < 1.29 is 9.53 Å². The second-order valence-electron chi connectivity index (χ2n) is 4.30. The third-order valence-electron chi connectivity index (χ3n) is 3.08. The molecule has 2 rings (SSSR count). The van der Waals surface area contributed by atoms with Crippen LogP contribution in [0, 0.1) is 13.8 Å². The van der Waals surface area contributed by atoms with Crippen molar-refractivity contribution in [1.82, 2.24) is 5.32 Å². The average molecular weight is 271 g/mol. The molecule has 5 heteroatoms. The molecule has 1 aliphatic rings. The first-order valence-electron chi connectivity index (χ1n) is 5.88. The summed E-state index contributed by atoms with van der Waals surface area (Å²) >= 11 is 0. The van der Waals surface area contributed by atoms with Gasteiger partial charge in [-0.2, -0.15) is 0 Å². The lowest BCUT2D eigenvalue weighted by molar-refractivity contribution is -0.128. The van der Waals surface area contributed by atoms with E-state index in [1.165, 1.54) is 5.56 Å². The molecule has 18 heavy (non-hydrogen) atoms. The zero-order chi connectivity index (χ0) is 12.3. The maximum absolute atomic E-state index is 12.0. The van der Waals surface area contributed by atoms with Gasteiger partial charge in [0.15, 0.2) is 0 Å². The molecule has 1 atom stereocenters. The quantitative estimate of drug-likeness (QED) is 0.859. The van der Waals surface area contributed by atoms with Gasteiger partial charge < -0.3 is 15.4 Å². The van der Waals surface area contributed by atoms with E-state index in [1.54, 1.807) is 0 Å². The fraction of sp³-hybridized carbons (Fsp3) is 0.462. The van der Waals surface area contributed by atoms with Crippen LogP contribution in [-0.2, 0) is 9.53 Å². The maximum atomic E-state index is 12.0. The molecule has 0 aromatic heterocycles. The minimum Gasteiger partial charge on any atom is -0.366 e. The Kier molecular flexibility index (Phi) is 5.59. The Bertz CT molecular complexity index is 417. The summed E-state index contributed by atoms with van der Waals surface area (Å²) in [6.45, 7) is 6.02. The van der Waals surface area contributed by atoms with Crippen LogP contribution in [-0.4, -0.2) is 31.7 Å². The van der Waals surface area contributed by atoms with Crippen molar-refractivity contribution in [2.45, 2.75) is 20.0 Å². The highest BCUT2D eigenvalue weighted by Gasteiger charge is 2.22. The highest BCUT2D eigenvalue weighted by atomic mass is 35.5. The van der Waals surface area contributed by atoms with E-state index in [9.17, 15) is 4.79 Å². The molecule has 2 N–H and O–H groups in total. The van der Waals surface area contributed by atoms with Crippen molar-refractivity contribution in [2.24, 2.45) is 0 Å². The molecule has 0 saturated carbocycles. The largest absolute Gasteiger partial charge is 0.366 e. The van der Waals surface area contributed by atoms with Crippen LogP contribution in [0.4, 0.5) is 5.69 Å². The Labute approximate surface area is 114 Å². The summed E-state index contributed by atoms with van der Waals surface area (Å²) in [6, 6.07) is 5.89. The van der Waals surface area contributed by atoms with E-state index < -0.39 is 0 Å². The second-order valence-corrected chi connectivity index (χ2v) is 4.30. The third-order valence-corrected chi connectivity index (χ3v) is 3.08. The van der Waals surface area contributed by atoms with Crippen molar-refractivity contribution in [3.05, 3.63) is 29.3 Å². The molecule has 100 valence electrons. The van der Waals surface area contributed by atoms with Crippen molar-refractivity contribution >= 4 is 24.0 Å². The number of nitrogens with one attached hydrogen (secondary N) is 2. The van der Waals surface area contributed by atoms with Crippen LogP contribution in [0.5, 0.6) is 0 Å². The minimum absolute atomic E-state index is 0. The summed E-state index contributed by atoms with van der Waals surface area (Å²) in [6.07, 6.45) is -0.385. The molecule has 0 aliphatic carbocycles. The standard InChI is InChI=1S/C13H18N2O2.ClH/c1-9-4-3-5-11(10(9)2)15-13(16)12-8-14-6-7-17-12;/h3-5,12,14H,6-8H2,1-2H3,(H,15,16);1H. The lowest BCUT2D eigenvalue weighted by atomic mass is 10.1. The maximum Gasteiger partial charge on any atom is 0.254 e. The molecule has 4 nitrogen and oxygen atoms in total. The van der Waals surface area contributed by atoms with Gasteiger partial charge in [-0.1, -0.05) is 12.1 Å². The van der Waals surface area contributed by atoms with E-state index in [4.69, 9.17) is 4.74 Å². The minimum atomic E-state index is -0.385. The molecular weight excluding hydrogens is 252 g/mol. The molecule has 1 amide bonds. The number of aryl methyl sites for hydroxylation is 1. The first kappa shape index (κ1) is 15.0. The summed E-state index contributed by atoms with van der Waals surface area (Å²) in [5.74, 6) is -0.0779. The number of benzene rings is 1. The van der Waals surface area contributed by atoms with E-state index >= 15 is 0 Å². The number of carbonyl (C=O) groups is 1. The van der Waals surface area contributed by atoms with Crippen molar-refractivity contribution in [3.8, 4) is 0 Å². The fourth-order valence-electron chi connectivity index (χ4n) is 1.83. The number of carbonyl (C=O) groups excluding carboxylic acids is 1. The summed E-state index contributed by atoms with van der Waals surface area (Å²) in [4.78, 5) is 12.0. The van der Waals surface area contributed by atoms with Gasteiger partial charge in [-0.25, -0.2) is 0 Å². The Balaban J connectivity index is 0.00000162. The summed E-state index contributed by atoms with van der Waals surface area (Å²) in [5, 5.41) is 6.06. The van der Waals surface area contributed by atoms with E-state index in [2.05, 4.69) is 10.6 Å². The summed E-state index contributed by atoms with van der Waals surface area (Å²) in [7, 11) is 0. The molecule has 1 aliphatic heterocycles. The van der Waals surface area contributed by atoms with Crippen LogP contribution in [0.15, 0.2) is 18.2 Å². The van der Waals surface area contributed by atoms with Gasteiger partial charge >= 0.3 is 0 Å². The van der Waals surface area contributed by atoms with Gasteiger partial charge in [0.05, 0.1) is 6.61 Å². The molecular formula is C13H19ClN2O2. The Hall–Kier alpha value is -1.10. The Morgan fingerprint density at radius 1 is 1.44 bits per heavy atom. The van der Waals surface area contributed by atoms with Crippen LogP contribution in [0.1, 0.15) is 11.1 Å². The van der Waals surface area contributed by atoms with Crippen molar-refractivity contribution in [2.75, 3.05) is 25.0 Å². The van der Waals surface area contributed by atoms with Gasteiger partial charge in [-0.05, 0) is 31.0 Å². The smallest absolute Gasteiger partial charge is 0.254 e. The van der Waals surface area contributed by atoms with Crippen molar-refractivity contribution in [1.29, 1.82) is 0 Å². The predicted octanol–water partition coefficient (Wildman–Crippen LogP) is 1.65. The highest BCUT2D eigenvalue weighted by Crippen LogP contribution is 2.18. The van der Waals surface area contributed by atoms with Gasteiger partial charge in [0.1, 0.15) is 6.10 Å². The summed E-state index contributed by atoms with van der Waals surface area (Å²) in [5.41, 5.74) is 3.14. The first-order valence-corrected chi connectivity index (χ1v) is 5.88. The normalized spacial score (nSPS) is 18.9. The van der Waals surface area contributed by atoms with E-state index in [0.29, 0.717) is 13.2 Å². The molecule has 1 heterocycles. The lowest BCUT2D eigenvalue weighted by Crippen LogP contribution is -2.45. The van der Waals surface area contributed by atoms with Gasteiger partial charge in [-0.15, -0.1) is 12.4 Å². The first-order chi connectivity index (χ1) is 8.18. The van der Waals surface area contributed by atoms with Crippen molar-refractivity contribution in [3.63, 3.8) is 0 Å². The number of anilines is 1. The molecule has 1 fully saturated rings. The van der Waals surface area contributed by atoms with Gasteiger partial charge in [-0.3, -0.25) is 4.79 Å². The number of halogens is 1. The Morgan fingerprint density at radius 2 is 2.22 bits per heavy atom. The number of amides is 1. The number of morpholine rings is 1. The van der Waals surface area contributed by atoms with Crippen LogP contribution in [0.25, 0.3) is 0 Å². The molecule has 0 radical (unpaired) electrons. The lowest BCUT2D eigenvalue weighted by Gasteiger charge is -2.23. The zero-order valence-corrected chi connectivity index (χ0v) is 11.5. The molecule has 1 aromatic carbocycles. The van der Waals surface area contributed by atoms with Crippen LogP contribution in [0.3, 0.4) is 0 Å². The molecule has 0 bridgehead atoms. The molecule has 0 spiro atoms. The van der Waals surface area contributed by atoms with E-state index in [1.807, 2.05) is 32.0 Å². The monoisotopic (exact) mass is 270 g/mol. The van der Waals surface area contributed by atoms with E-state index in [-0.39, 0.29) is 24.4 Å². The van der Waals surface area contributed by atoms with Gasteiger partial charge in [0.2, 0.25) is 0 Å². The number of hydrogen-bond donors (Lipinski definition) is 2. The second kappa shape index (κ2) is 6.73. The number of hydrogen-bond acceptors (Lipinski definition) is 3. The molecule has 1 aromatic rings. The van der Waals surface area contributed by atoms with Gasteiger partial charge in [0.25, 0.3) is 5.91 Å². The highest BCUT2D eigenvalue weighted by molar-refractivity contribution is 5.95. The SMILES string of the molecule is Cc1cccc(NC(=O)C2CNCCO2)c1C.Cl. The Morgan fingerprint density at radius 3 is 2.89 bits per heavy atom. The fourth-order valence-corrected chi connectivity index (χ4v) is 1.83. The summed E-state index contributed by atoms with van der Waals surface area (Å²) < 4.78 is 5.41. The third kappa shape index (κ3) is 3.45. The molecule has 1 unspecified atom stereocenters. The van der Waals surface area contributed by atoms with E-state index in [0.717, 1.165) is 17.8 Å². The van der Waals surface area contributed by atoms with Gasteiger partial charge in [0, 0.05) is 18.8 Å². The van der Waals surface area contributed by atoms with Crippen LogP contribution in [0.2, 0.25) is 0 Å². The predicted molar refractivity (Wildman–Crippen MR) is 74.4 cm³/mol. The topological polar surface area (TPSA) is 50.4 Å². The average Bonchev–Trinajstić information content (AvgIpc) is 2.36.